The molecule has 0 N–H and O–H groups in total. The minimum absolute atomic E-state index is 0. The number of nitrogens with zero attached hydrogens (tertiary/aromatic N) is 1. The van der Waals surface area contributed by atoms with Crippen molar-refractivity contribution in [3.05, 3.63) is 40.5 Å². The number of ether oxygens (including phenoxy) is 6. The van der Waals surface area contributed by atoms with Crippen molar-refractivity contribution in [2.24, 2.45) is 0 Å². The molecule has 5 rings (SSSR count). The first-order valence-corrected chi connectivity index (χ1v) is 9.66. The van der Waals surface area contributed by atoms with E-state index < -0.39 is 12.1 Å². The zero-order chi connectivity index (χ0) is 21.0. The van der Waals surface area contributed by atoms with Crippen LogP contribution >= 0.6 is 0 Å². The third-order valence-electron chi connectivity index (χ3n) is 5.95. The SMILES string of the molecule is COc1ccc2c(c1OC)C(=O)O[C@@H]2[C@H]1c2c([c-]c3c(c2OC)OCO3)CCN1C.[Y]. The summed E-state index contributed by atoms with van der Waals surface area (Å²) in [5.41, 5.74) is 3.02. The van der Waals surface area contributed by atoms with Gasteiger partial charge in [-0.15, -0.1) is 11.6 Å². The molecule has 0 bridgehead atoms. The van der Waals surface area contributed by atoms with Gasteiger partial charge < -0.3 is 33.3 Å². The third-order valence-corrected chi connectivity index (χ3v) is 5.95. The average Bonchev–Trinajstić information content (AvgIpc) is 3.35. The van der Waals surface area contributed by atoms with Crippen molar-refractivity contribution in [2.75, 3.05) is 41.7 Å². The number of hydrogen-bond donors (Lipinski definition) is 0. The molecular formula is C22H22NO7Y-. The third kappa shape index (κ3) is 3.27. The van der Waals surface area contributed by atoms with Gasteiger partial charge in [0.05, 0.1) is 38.6 Å². The van der Waals surface area contributed by atoms with Crippen LogP contribution in [-0.4, -0.2) is 52.6 Å². The Labute approximate surface area is 205 Å². The second-order valence-corrected chi connectivity index (χ2v) is 7.38. The van der Waals surface area contributed by atoms with Crippen LogP contribution in [0.5, 0.6) is 28.7 Å². The van der Waals surface area contributed by atoms with Crippen molar-refractivity contribution in [3.63, 3.8) is 0 Å². The summed E-state index contributed by atoms with van der Waals surface area (Å²) >= 11 is 0. The van der Waals surface area contributed by atoms with Crippen LogP contribution in [0.2, 0.25) is 0 Å². The molecule has 3 heterocycles. The fourth-order valence-electron chi connectivity index (χ4n) is 4.61. The predicted octanol–water partition coefficient (Wildman–Crippen LogP) is 2.68. The Kier molecular flexibility index (Phi) is 6.07. The minimum Gasteiger partial charge on any atom is -0.518 e. The number of methoxy groups -OCH3 is 3. The van der Waals surface area contributed by atoms with E-state index in [2.05, 4.69) is 11.0 Å². The van der Waals surface area contributed by atoms with Gasteiger partial charge in [0.2, 0.25) is 6.79 Å². The molecule has 1 radical (unpaired) electrons. The van der Waals surface area contributed by atoms with Crippen molar-refractivity contribution >= 4 is 5.97 Å². The molecule has 2 aromatic carbocycles. The predicted molar refractivity (Wildman–Crippen MR) is 105 cm³/mol. The van der Waals surface area contributed by atoms with Crippen molar-refractivity contribution in [1.82, 2.24) is 4.90 Å². The van der Waals surface area contributed by atoms with Crippen LogP contribution in [0.3, 0.4) is 0 Å². The monoisotopic (exact) mass is 501 g/mol. The Balaban J connectivity index is 0.00000231. The summed E-state index contributed by atoms with van der Waals surface area (Å²) in [6.07, 6.45) is 0.230. The number of rotatable bonds is 4. The van der Waals surface area contributed by atoms with Crippen LogP contribution in [0.1, 0.15) is 39.2 Å². The number of benzene rings is 2. The maximum atomic E-state index is 12.9. The number of esters is 1. The molecule has 161 valence electrons. The summed E-state index contributed by atoms with van der Waals surface area (Å²) in [6.45, 7) is 0.900. The van der Waals surface area contributed by atoms with Gasteiger partial charge in [0.1, 0.15) is 11.7 Å². The van der Waals surface area contributed by atoms with E-state index >= 15 is 0 Å². The molecule has 31 heavy (non-hydrogen) atoms. The molecule has 0 aliphatic carbocycles. The molecule has 8 nitrogen and oxygen atoms in total. The number of hydrogen-bond acceptors (Lipinski definition) is 8. The minimum atomic E-state index is -0.543. The molecule has 2 aromatic rings. The van der Waals surface area contributed by atoms with Crippen LogP contribution in [0.25, 0.3) is 0 Å². The van der Waals surface area contributed by atoms with Gasteiger partial charge in [0, 0.05) is 44.3 Å². The molecule has 0 amide bonds. The first-order valence-electron chi connectivity index (χ1n) is 9.66. The second-order valence-electron chi connectivity index (χ2n) is 7.38. The van der Waals surface area contributed by atoms with Crippen molar-refractivity contribution in [3.8, 4) is 28.7 Å². The smallest absolute Gasteiger partial charge is 0.343 e. The summed E-state index contributed by atoms with van der Waals surface area (Å²) in [5, 5.41) is 0. The van der Waals surface area contributed by atoms with Gasteiger partial charge in [-0.3, -0.25) is 0 Å². The molecule has 0 saturated heterocycles. The normalized spacial score (nSPS) is 21.0. The fourth-order valence-corrected chi connectivity index (χ4v) is 4.61. The molecule has 0 saturated carbocycles. The van der Waals surface area contributed by atoms with Crippen LogP contribution in [0, 0.1) is 6.07 Å². The summed E-state index contributed by atoms with van der Waals surface area (Å²) in [5.74, 6) is 2.12. The molecular weight excluding hydrogens is 479 g/mol. The first kappa shape index (κ1) is 22.2. The average molecular weight is 501 g/mol. The van der Waals surface area contributed by atoms with E-state index in [4.69, 9.17) is 28.4 Å². The molecule has 9 heteroatoms. The molecule has 0 spiro atoms. The van der Waals surface area contributed by atoms with E-state index in [9.17, 15) is 4.79 Å². The Morgan fingerprint density at radius 3 is 2.58 bits per heavy atom. The van der Waals surface area contributed by atoms with Crippen LogP contribution < -0.4 is 23.7 Å². The summed E-state index contributed by atoms with van der Waals surface area (Å²) in [7, 11) is 6.66. The number of carbonyl (C=O) groups excluding carboxylic acids is 1. The standard InChI is InChI=1S/C22H22NO7.Y/c1-23-8-7-11-9-14-20(29-10-28-14)21(27-4)15(11)17(23)18-12-5-6-13(25-2)19(26-3)16(12)22(24)30-18;/h5-6,17-18H,7-8,10H2,1-4H3;/q-1;/t17-,18+;/m1./s1. The van der Waals surface area contributed by atoms with Gasteiger partial charge >= 0.3 is 5.97 Å². The van der Waals surface area contributed by atoms with Gasteiger partial charge in [-0.1, -0.05) is 11.6 Å². The number of carbonyl (C=O) groups is 1. The molecule has 0 aromatic heterocycles. The van der Waals surface area contributed by atoms with Crippen molar-refractivity contribution < 1.29 is 65.9 Å². The molecule has 0 unspecified atom stereocenters. The second kappa shape index (κ2) is 8.49. The maximum absolute atomic E-state index is 12.9. The van der Waals surface area contributed by atoms with E-state index in [0.29, 0.717) is 34.3 Å². The largest absolute Gasteiger partial charge is 0.518 e. The first-order chi connectivity index (χ1) is 14.6. The Morgan fingerprint density at radius 2 is 1.87 bits per heavy atom. The van der Waals surface area contributed by atoms with Gasteiger partial charge in [0.25, 0.3) is 0 Å². The zero-order valence-electron chi connectivity index (χ0n) is 17.8. The van der Waals surface area contributed by atoms with Gasteiger partial charge in [0.15, 0.2) is 11.5 Å². The number of fused-ring (bicyclic) bond motifs is 3. The topological polar surface area (TPSA) is 75.7 Å². The van der Waals surface area contributed by atoms with Crippen LogP contribution in [-0.2, 0) is 43.9 Å². The van der Waals surface area contributed by atoms with E-state index in [-0.39, 0.29) is 45.5 Å². The van der Waals surface area contributed by atoms with Crippen LogP contribution in [0.15, 0.2) is 12.1 Å². The Bertz CT molecular complexity index is 1040. The fraction of sp³-hybridized carbons (Fsp3) is 0.409. The number of likely N-dealkylation sites (N-methyl/N-ethyl adjacent to an activating group) is 1. The number of cyclic esters (lactones) is 1. The maximum Gasteiger partial charge on any atom is 0.343 e. The van der Waals surface area contributed by atoms with Crippen molar-refractivity contribution in [1.29, 1.82) is 0 Å². The molecule has 3 aliphatic rings. The van der Waals surface area contributed by atoms with Crippen molar-refractivity contribution in [2.45, 2.75) is 18.6 Å². The summed E-state index contributed by atoms with van der Waals surface area (Å²) in [4.78, 5) is 15.0. The van der Waals surface area contributed by atoms with E-state index in [1.54, 1.807) is 13.2 Å². The molecule has 2 atom stereocenters. The molecule has 3 aliphatic heterocycles. The van der Waals surface area contributed by atoms with E-state index in [1.807, 2.05) is 13.1 Å². The Hall–Kier alpha value is -2.03. The zero-order valence-corrected chi connectivity index (χ0v) is 20.7. The molecule has 0 fully saturated rings. The summed E-state index contributed by atoms with van der Waals surface area (Å²) in [6, 6.07) is 6.70. The van der Waals surface area contributed by atoms with Gasteiger partial charge in [-0.05, 0) is 26.1 Å². The van der Waals surface area contributed by atoms with Gasteiger partial charge in [-0.25, -0.2) is 4.79 Å². The van der Waals surface area contributed by atoms with Crippen LogP contribution in [0.4, 0.5) is 0 Å². The Morgan fingerprint density at radius 1 is 1.10 bits per heavy atom. The van der Waals surface area contributed by atoms with E-state index in [1.165, 1.54) is 14.2 Å². The summed E-state index contributed by atoms with van der Waals surface area (Å²) < 4.78 is 33.7. The quantitative estimate of drug-likeness (QED) is 0.468. The van der Waals surface area contributed by atoms with Gasteiger partial charge in [-0.2, -0.15) is 0 Å². The van der Waals surface area contributed by atoms with E-state index in [0.717, 1.165) is 29.7 Å².